The summed E-state index contributed by atoms with van der Waals surface area (Å²) in [6.45, 7) is 0. The summed E-state index contributed by atoms with van der Waals surface area (Å²) in [4.78, 5) is 24.5. The molecule has 17 heavy (non-hydrogen) atoms. The first kappa shape index (κ1) is 9.84. The summed E-state index contributed by atoms with van der Waals surface area (Å²) >= 11 is 0. The van der Waals surface area contributed by atoms with E-state index in [0.29, 0.717) is 5.69 Å². The van der Waals surface area contributed by atoms with Gasteiger partial charge in [-0.3, -0.25) is 9.59 Å². The molecule has 0 saturated carbocycles. The number of aromatic nitrogens is 1. The van der Waals surface area contributed by atoms with Crippen molar-refractivity contribution < 1.29 is 9.59 Å². The predicted molar refractivity (Wildman–Crippen MR) is 64.6 cm³/mol. The molecule has 1 aliphatic rings. The average molecular weight is 226 g/mol. The van der Waals surface area contributed by atoms with Gasteiger partial charge in [0.1, 0.15) is 0 Å². The van der Waals surface area contributed by atoms with Gasteiger partial charge in [0.25, 0.3) is 11.8 Å². The molecule has 0 radical (unpaired) electrons. The zero-order chi connectivity index (χ0) is 12.0. The summed E-state index contributed by atoms with van der Waals surface area (Å²) in [7, 11) is 1.89. The second-order valence-electron chi connectivity index (χ2n) is 3.99. The quantitative estimate of drug-likeness (QED) is 0.693. The van der Waals surface area contributed by atoms with Gasteiger partial charge in [-0.25, -0.2) is 4.90 Å². The van der Waals surface area contributed by atoms with Crippen LogP contribution in [0, 0.1) is 0 Å². The molecule has 3 rings (SSSR count). The molecular weight excluding hydrogens is 216 g/mol. The molecule has 1 aromatic carbocycles. The lowest BCUT2D eigenvalue weighted by atomic mass is 10.2. The van der Waals surface area contributed by atoms with Gasteiger partial charge in [-0.05, 0) is 6.07 Å². The summed E-state index contributed by atoms with van der Waals surface area (Å²) in [6, 6.07) is 7.68. The molecule has 84 valence electrons. The van der Waals surface area contributed by atoms with Crippen molar-refractivity contribution in [1.82, 2.24) is 4.57 Å². The molecule has 2 aromatic rings. The lowest BCUT2D eigenvalue weighted by Gasteiger charge is -2.11. The molecule has 2 heterocycles. The lowest BCUT2D eigenvalue weighted by molar-refractivity contribution is -0.119. The van der Waals surface area contributed by atoms with Gasteiger partial charge in [-0.15, -0.1) is 0 Å². The van der Waals surface area contributed by atoms with Crippen LogP contribution in [0.5, 0.6) is 0 Å². The average Bonchev–Trinajstić information content (AvgIpc) is 2.82. The molecule has 2 amide bonds. The number of hydrogen-bond acceptors (Lipinski definition) is 2. The maximum absolute atomic E-state index is 11.6. The zero-order valence-electron chi connectivity index (χ0n) is 9.25. The minimum absolute atomic E-state index is 0.286. The lowest BCUT2D eigenvalue weighted by Crippen LogP contribution is -2.29. The molecule has 0 spiro atoms. The number of hydrogen-bond donors (Lipinski definition) is 0. The first-order valence-corrected chi connectivity index (χ1v) is 5.28. The Morgan fingerprint density at radius 3 is 2.35 bits per heavy atom. The summed E-state index contributed by atoms with van der Waals surface area (Å²) in [5, 5.41) is 0.903. The maximum Gasteiger partial charge on any atom is 0.258 e. The molecule has 1 aliphatic heterocycles. The Hall–Kier alpha value is -2.36. The number of imide groups is 1. The van der Waals surface area contributed by atoms with Gasteiger partial charge in [-0.2, -0.15) is 0 Å². The fourth-order valence-corrected chi connectivity index (χ4v) is 2.14. The van der Waals surface area contributed by atoms with Crippen molar-refractivity contribution in [3.63, 3.8) is 0 Å². The number of carbonyl (C=O) groups is 2. The number of benzene rings is 1. The van der Waals surface area contributed by atoms with Crippen LogP contribution >= 0.6 is 0 Å². The highest BCUT2D eigenvalue weighted by Crippen LogP contribution is 2.30. The summed E-state index contributed by atoms with van der Waals surface area (Å²) < 4.78 is 1.91. The van der Waals surface area contributed by atoms with Gasteiger partial charge in [0.05, 0.1) is 5.69 Å². The van der Waals surface area contributed by atoms with E-state index in [2.05, 4.69) is 0 Å². The van der Waals surface area contributed by atoms with E-state index in [9.17, 15) is 9.59 Å². The number of anilines is 1. The topological polar surface area (TPSA) is 42.3 Å². The first-order chi connectivity index (χ1) is 8.18. The van der Waals surface area contributed by atoms with Crippen molar-refractivity contribution in [3.05, 3.63) is 42.6 Å². The first-order valence-electron chi connectivity index (χ1n) is 5.28. The number of carbonyl (C=O) groups excluding carboxylic acids is 2. The van der Waals surface area contributed by atoms with Gasteiger partial charge < -0.3 is 4.57 Å². The van der Waals surface area contributed by atoms with Crippen LogP contribution in [0.1, 0.15) is 0 Å². The number of amides is 2. The van der Waals surface area contributed by atoms with Gasteiger partial charge in [-0.1, -0.05) is 18.2 Å². The summed E-state index contributed by atoms with van der Waals surface area (Å²) in [6.07, 6.45) is 4.39. The number of rotatable bonds is 1. The molecule has 0 N–H and O–H groups in total. The van der Waals surface area contributed by atoms with Crippen LogP contribution in [0.4, 0.5) is 5.69 Å². The highest BCUT2D eigenvalue weighted by Gasteiger charge is 2.27. The summed E-state index contributed by atoms with van der Waals surface area (Å²) in [5.74, 6) is -0.572. The number of nitrogens with zero attached hydrogens (tertiary/aromatic N) is 2. The van der Waals surface area contributed by atoms with Crippen molar-refractivity contribution in [2.45, 2.75) is 0 Å². The van der Waals surface area contributed by atoms with E-state index in [1.165, 1.54) is 17.1 Å². The Morgan fingerprint density at radius 1 is 1.00 bits per heavy atom. The molecule has 0 atom stereocenters. The zero-order valence-corrected chi connectivity index (χ0v) is 9.25. The smallest absolute Gasteiger partial charge is 0.258 e. The van der Waals surface area contributed by atoms with E-state index < -0.39 is 0 Å². The van der Waals surface area contributed by atoms with Crippen molar-refractivity contribution in [2.75, 3.05) is 4.90 Å². The van der Waals surface area contributed by atoms with E-state index >= 15 is 0 Å². The van der Waals surface area contributed by atoms with E-state index in [1.54, 1.807) is 6.20 Å². The normalized spacial score (nSPS) is 15.2. The Kier molecular flexibility index (Phi) is 1.92. The third kappa shape index (κ3) is 1.30. The van der Waals surface area contributed by atoms with Crippen LogP contribution in [0.25, 0.3) is 10.9 Å². The maximum atomic E-state index is 11.6. The van der Waals surface area contributed by atoms with Crippen molar-refractivity contribution in [1.29, 1.82) is 0 Å². The van der Waals surface area contributed by atoms with Crippen LogP contribution in [-0.4, -0.2) is 16.4 Å². The van der Waals surface area contributed by atoms with Crippen molar-refractivity contribution in [3.8, 4) is 0 Å². The predicted octanol–water partition coefficient (Wildman–Crippen LogP) is 1.61. The van der Waals surface area contributed by atoms with Gasteiger partial charge >= 0.3 is 0 Å². The van der Waals surface area contributed by atoms with Crippen LogP contribution < -0.4 is 4.90 Å². The molecular formula is C13H10N2O2. The van der Waals surface area contributed by atoms with Crippen LogP contribution in [0.3, 0.4) is 0 Å². The minimum atomic E-state index is -0.286. The SMILES string of the molecule is Cn1cc(N2C(=O)C=CC2=O)c2ccccc21. The second-order valence-corrected chi connectivity index (χ2v) is 3.99. The Bertz CT molecular complexity index is 649. The number of aryl methyl sites for hydroxylation is 1. The third-order valence-corrected chi connectivity index (χ3v) is 2.93. The van der Waals surface area contributed by atoms with Crippen LogP contribution in [0.15, 0.2) is 42.6 Å². The number of para-hydroxylation sites is 1. The Balaban J connectivity index is 2.25. The largest absolute Gasteiger partial charge is 0.348 e. The Morgan fingerprint density at radius 2 is 1.65 bits per heavy atom. The summed E-state index contributed by atoms with van der Waals surface area (Å²) in [5.41, 5.74) is 1.64. The van der Waals surface area contributed by atoms with E-state index in [4.69, 9.17) is 0 Å². The molecule has 4 nitrogen and oxygen atoms in total. The van der Waals surface area contributed by atoms with Gasteiger partial charge in [0.15, 0.2) is 0 Å². The van der Waals surface area contributed by atoms with Gasteiger partial charge in [0, 0.05) is 36.3 Å². The van der Waals surface area contributed by atoms with Crippen LogP contribution in [0.2, 0.25) is 0 Å². The van der Waals surface area contributed by atoms with Crippen molar-refractivity contribution in [2.24, 2.45) is 7.05 Å². The third-order valence-electron chi connectivity index (χ3n) is 2.93. The van der Waals surface area contributed by atoms with Crippen molar-refractivity contribution >= 4 is 28.4 Å². The fraction of sp³-hybridized carbons (Fsp3) is 0.0769. The second kappa shape index (κ2) is 3.31. The molecule has 0 fully saturated rings. The number of fused-ring (bicyclic) bond motifs is 1. The standard InChI is InChI=1S/C13H10N2O2/c1-14-8-11(9-4-2-3-5-10(9)14)15-12(16)6-7-13(15)17/h2-8H,1H3. The van der Waals surface area contributed by atoms with E-state index in [0.717, 1.165) is 10.9 Å². The van der Waals surface area contributed by atoms with Crippen LogP contribution in [-0.2, 0) is 16.6 Å². The molecule has 4 heteroatoms. The molecule has 0 bridgehead atoms. The van der Waals surface area contributed by atoms with Gasteiger partial charge in [0.2, 0.25) is 0 Å². The highest BCUT2D eigenvalue weighted by atomic mass is 16.2. The monoisotopic (exact) mass is 226 g/mol. The fourth-order valence-electron chi connectivity index (χ4n) is 2.14. The van der Waals surface area contributed by atoms with E-state index in [-0.39, 0.29) is 11.8 Å². The molecule has 0 saturated heterocycles. The molecule has 0 aliphatic carbocycles. The van der Waals surface area contributed by atoms with E-state index in [1.807, 2.05) is 35.9 Å². The Labute approximate surface area is 97.7 Å². The molecule has 1 aromatic heterocycles. The molecule has 0 unspecified atom stereocenters. The highest BCUT2D eigenvalue weighted by molar-refractivity contribution is 6.30. The minimum Gasteiger partial charge on any atom is -0.348 e.